The molecule has 1 amide bonds. The second-order valence-electron chi connectivity index (χ2n) is 3.92. The van der Waals surface area contributed by atoms with E-state index in [-0.39, 0.29) is 13.0 Å². The lowest BCUT2D eigenvalue weighted by atomic mass is 10.2. The van der Waals surface area contributed by atoms with Gasteiger partial charge in [-0.05, 0) is 6.42 Å². The molecule has 9 nitrogen and oxygen atoms in total. The maximum absolute atomic E-state index is 11.6. The summed E-state index contributed by atoms with van der Waals surface area (Å²) in [7, 11) is -4.23. The molecular weight excluding hydrogens is 268 g/mol. The van der Waals surface area contributed by atoms with E-state index in [1.165, 1.54) is 0 Å². The topological polar surface area (TPSA) is 153 Å². The summed E-state index contributed by atoms with van der Waals surface area (Å²) in [5, 5.41) is 20.8. The standard InChI is InChI=1S/C8H14N2O7S/c11-3-6(8(13)14)10-7(12)5-1-4(2-9-5)18(15,16)17/h4-6,9,11H,1-3H2,(H,10,12)(H,13,14)(H,15,16,17)/t4-,5+,6+/m1/s1. The zero-order chi connectivity index (χ0) is 13.9. The highest BCUT2D eigenvalue weighted by atomic mass is 32.2. The molecule has 0 aromatic heterocycles. The third kappa shape index (κ3) is 3.63. The monoisotopic (exact) mass is 282 g/mol. The molecule has 18 heavy (non-hydrogen) atoms. The molecule has 1 heterocycles. The van der Waals surface area contributed by atoms with E-state index in [1.54, 1.807) is 0 Å². The number of aliphatic hydroxyl groups excluding tert-OH is 1. The Balaban J connectivity index is 2.58. The van der Waals surface area contributed by atoms with E-state index in [4.69, 9.17) is 14.8 Å². The SMILES string of the molecule is O=C(O)[C@H](CO)NC(=O)[C@@H]1C[C@@H](S(=O)(=O)O)CN1. The highest BCUT2D eigenvalue weighted by molar-refractivity contribution is 7.86. The lowest BCUT2D eigenvalue weighted by Crippen LogP contribution is -2.49. The average molecular weight is 282 g/mol. The van der Waals surface area contributed by atoms with Crippen molar-refractivity contribution in [1.29, 1.82) is 0 Å². The smallest absolute Gasteiger partial charge is 0.328 e. The fourth-order valence-corrected chi connectivity index (χ4v) is 2.33. The van der Waals surface area contributed by atoms with Crippen molar-refractivity contribution in [2.75, 3.05) is 13.2 Å². The number of carbonyl (C=O) groups excluding carboxylic acids is 1. The van der Waals surface area contributed by atoms with Crippen molar-refractivity contribution in [3.8, 4) is 0 Å². The Bertz CT molecular complexity index is 435. The number of nitrogens with one attached hydrogen (secondary N) is 2. The van der Waals surface area contributed by atoms with Gasteiger partial charge in [0.1, 0.15) is 11.3 Å². The van der Waals surface area contributed by atoms with E-state index >= 15 is 0 Å². The number of rotatable bonds is 5. The Morgan fingerprint density at radius 2 is 2.06 bits per heavy atom. The Morgan fingerprint density at radius 1 is 1.44 bits per heavy atom. The van der Waals surface area contributed by atoms with Crippen LogP contribution in [0.15, 0.2) is 0 Å². The van der Waals surface area contributed by atoms with E-state index in [0.29, 0.717) is 0 Å². The molecule has 0 saturated carbocycles. The summed E-state index contributed by atoms with van der Waals surface area (Å²) in [6.07, 6.45) is -0.150. The van der Waals surface area contributed by atoms with Gasteiger partial charge in [0.05, 0.1) is 12.6 Å². The maximum atomic E-state index is 11.6. The summed E-state index contributed by atoms with van der Waals surface area (Å²) in [6, 6.07) is -2.35. The first kappa shape index (κ1) is 14.8. The van der Waals surface area contributed by atoms with Crippen molar-refractivity contribution in [3.05, 3.63) is 0 Å². The minimum atomic E-state index is -4.23. The van der Waals surface area contributed by atoms with Crippen LogP contribution in [0.4, 0.5) is 0 Å². The Morgan fingerprint density at radius 3 is 2.44 bits per heavy atom. The molecule has 104 valence electrons. The van der Waals surface area contributed by atoms with Crippen molar-refractivity contribution in [2.24, 2.45) is 0 Å². The van der Waals surface area contributed by atoms with Gasteiger partial charge in [0.15, 0.2) is 0 Å². The van der Waals surface area contributed by atoms with Gasteiger partial charge in [0.2, 0.25) is 5.91 Å². The van der Waals surface area contributed by atoms with Crippen LogP contribution in [0.25, 0.3) is 0 Å². The van der Waals surface area contributed by atoms with Crippen LogP contribution in [-0.2, 0) is 19.7 Å². The molecule has 5 N–H and O–H groups in total. The summed E-state index contributed by atoms with van der Waals surface area (Å²) in [5.41, 5.74) is 0. The maximum Gasteiger partial charge on any atom is 0.328 e. The number of hydrogen-bond donors (Lipinski definition) is 5. The normalized spacial score (nSPS) is 25.7. The number of amides is 1. The first-order valence-electron chi connectivity index (χ1n) is 5.09. The van der Waals surface area contributed by atoms with E-state index in [9.17, 15) is 18.0 Å². The second kappa shape index (κ2) is 5.61. The van der Waals surface area contributed by atoms with Crippen molar-refractivity contribution in [3.63, 3.8) is 0 Å². The van der Waals surface area contributed by atoms with Crippen molar-refractivity contribution in [1.82, 2.24) is 10.6 Å². The van der Waals surface area contributed by atoms with Gasteiger partial charge in [0.25, 0.3) is 10.1 Å². The Kier molecular flexibility index (Phi) is 4.62. The van der Waals surface area contributed by atoms with Crippen molar-refractivity contribution >= 4 is 22.0 Å². The molecule has 1 rings (SSSR count). The van der Waals surface area contributed by atoms with E-state index < -0.39 is 45.9 Å². The molecule has 0 aromatic rings. The molecule has 3 atom stereocenters. The molecular formula is C8H14N2O7S. The van der Waals surface area contributed by atoms with Crippen LogP contribution >= 0.6 is 0 Å². The van der Waals surface area contributed by atoms with Gasteiger partial charge >= 0.3 is 5.97 Å². The molecule has 1 saturated heterocycles. The zero-order valence-electron chi connectivity index (χ0n) is 9.24. The minimum Gasteiger partial charge on any atom is -0.480 e. The lowest BCUT2D eigenvalue weighted by Gasteiger charge is -2.15. The van der Waals surface area contributed by atoms with Gasteiger partial charge in [-0.3, -0.25) is 9.35 Å². The second-order valence-corrected chi connectivity index (χ2v) is 5.61. The summed E-state index contributed by atoms with van der Waals surface area (Å²) in [4.78, 5) is 22.1. The number of carbonyl (C=O) groups is 2. The minimum absolute atomic E-state index is 0.0895. The largest absolute Gasteiger partial charge is 0.480 e. The number of hydrogen-bond acceptors (Lipinski definition) is 6. The van der Waals surface area contributed by atoms with Crippen LogP contribution in [0.1, 0.15) is 6.42 Å². The summed E-state index contributed by atoms with van der Waals surface area (Å²) in [5.74, 6) is -2.13. The molecule has 1 fully saturated rings. The molecule has 0 aromatic carbocycles. The van der Waals surface area contributed by atoms with Gasteiger partial charge < -0.3 is 20.8 Å². The van der Waals surface area contributed by atoms with Gasteiger partial charge in [0, 0.05) is 6.54 Å². The molecule has 1 aliphatic rings. The molecule has 0 bridgehead atoms. The van der Waals surface area contributed by atoms with Crippen LogP contribution in [0, 0.1) is 0 Å². The van der Waals surface area contributed by atoms with E-state index in [2.05, 4.69) is 10.6 Å². The van der Waals surface area contributed by atoms with Crippen LogP contribution in [0.2, 0.25) is 0 Å². The molecule has 10 heteroatoms. The molecule has 0 spiro atoms. The Labute approximate surface area is 103 Å². The third-order valence-corrected chi connectivity index (χ3v) is 3.83. The van der Waals surface area contributed by atoms with Gasteiger partial charge in [-0.15, -0.1) is 0 Å². The van der Waals surface area contributed by atoms with Crippen LogP contribution < -0.4 is 10.6 Å². The number of aliphatic carboxylic acids is 1. The predicted octanol–water partition coefficient (Wildman–Crippen LogP) is -2.83. The van der Waals surface area contributed by atoms with Crippen molar-refractivity contribution in [2.45, 2.75) is 23.8 Å². The molecule has 0 aliphatic carbocycles. The fourth-order valence-electron chi connectivity index (χ4n) is 1.59. The first-order chi connectivity index (χ1) is 8.25. The summed E-state index contributed by atoms with van der Waals surface area (Å²) in [6.45, 7) is -0.858. The van der Waals surface area contributed by atoms with Crippen molar-refractivity contribution < 1.29 is 32.8 Å². The molecule has 0 unspecified atom stereocenters. The highest BCUT2D eigenvalue weighted by Gasteiger charge is 2.37. The molecule has 0 radical (unpaired) electrons. The van der Waals surface area contributed by atoms with Crippen LogP contribution in [0.3, 0.4) is 0 Å². The predicted molar refractivity (Wildman–Crippen MR) is 58.4 cm³/mol. The molecule has 1 aliphatic heterocycles. The Hall–Kier alpha value is -1.23. The third-order valence-electron chi connectivity index (χ3n) is 2.63. The number of carboxylic acid groups (broad SMARTS) is 1. The van der Waals surface area contributed by atoms with E-state index in [0.717, 1.165) is 0 Å². The summed E-state index contributed by atoms with van der Waals surface area (Å²) < 4.78 is 30.5. The van der Waals surface area contributed by atoms with E-state index in [1.807, 2.05) is 0 Å². The number of carboxylic acids is 1. The van der Waals surface area contributed by atoms with Gasteiger partial charge in [-0.2, -0.15) is 8.42 Å². The zero-order valence-corrected chi connectivity index (χ0v) is 10.1. The highest BCUT2D eigenvalue weighted by Crippen LogP contribution is 2.14. The first-order valence-corrected chi connectivity index (χ1v) is 6.59. The van der Waals surface area contributed by atoms with Crippen LogP contribution in [-0.4, -0.2) is 65.5 Å². The quantitative estimate of drug-likeness (QED) is 0.338. The van der Waals surface area contributed by atoms with Gasteiger partial charge in [-0.1, -0.05) is 0 Å². The number of aliphatic hydroxyl groups is 1. The van der Waals surface area contributed by atoms with Crippen LogP contribution in [0.5, 0.6) is 0 Å². The lowest BCUT2D eigenvalue weighted by molar-refractivity contribution is -0.143. The van der Waals surface area contributed by atoms with Gasteiger partial charge in [-0.25, -0.2) is 4.79 Å². The average Bonchev–Trinajstić information content (AvgIpc) is 2.73. The fraction of sp³-hybridized carbons (Fsp3) is 0.750. The summed E-state index contributed by atoms with van der Waals surface area (Å²) >= 11 is 0.